The third kappa shape index (κ3) is 5.36. The van der Waals surface area contributed by atoms with Crippen LogP contribution in [-0.4, -0.2) is 0 Å². The van der Waals surface area contributed by atoms with E-state index in [-0.39, 0.29) is 10.8 Å². The van der Waals surface area contributed by atoms with Gasteiger partial charge >= 0.3 is 0 Å². The van der Waals surface area contributed by atoms with E-state index in [0.717, 1.165) is 17.1 Å². The van der Waals surface area contributed by atoms with Crippen molar-refractivity contribution in [2.75, 3.05) is 4.90 Å². The van der Waals surface area contributed by atoms with Crippen molar-refractivity contribution in [3.8, 4) is 44.5 Å². The lowest BCUT2D eigenvalue weighted by atomic mass is 9.55. The van der Waals surface area contributed by atoms with Gasteiger partial charge in [-0.3, -0.25) is 0 Å². The first-order valence-corrected chi connectivity index (χ1v) is 17.3. The Morgan fingerprint density at radius 1 is 0.306 bits per heavy atom. The molecule has 0 amide bonds. The Labute approximate surface area is 291 Å². The molecule has 8 rings (SSSR count). The van der Waals surface area contributed by atoms with E-state index >= 15 is 0 Å². The zero-order valence-corrected chi connectivity index (χ0v) is 28.7. The van der Waals surface area contributed by atoms with Crippen LogP contribution < -0.4 is 4.90 Å². The summed E-state index contributed by atoms with van der Waals surface area (Å²) in [5, 5.41) is 0. The molecule has 0 saturated heterocycles. The Morgan fingerprint density at radius 2 is 0.673 bits per heavy atom. The molecule has 0 bridgehead atoms. The molecular formula is C48H41N. The molecule has 0 N–H and O–H groups in total. The van der Waals surface area contributed by atoms with Crippen LogP contribution in [0.5, 0.6) is 0 Å². The molecular weight excluding hydrogens is 591 g/mol. The predicted octanol–water partition coefficient (Wildman–Crippen LogP) is 13.4. The first-order chi connectivity index (χ1) is 23.8. The van der Waals surface area contributed by atoms with Gasteiger partial charge in [-0.15, -0.1) is 0 Å². The van der Waals surface area contributed by atoms with E-state index in [1.54, 1.807) is 0 Å². The van der Waals surface area contributed by atoms with E-state index in [4.69, 9.17) is 0 Å². The lowest BCUT2D eigenvalue weighted by Gasteiger charge is -2.48. The molecule has 7 aromatic carbocycles. The summed E-state index contributed by atoms with van der Waals surface area (Å²) in [7, 11) is 0. The molecule has 0 fully saturated rings. The number of nitrogens with zero attached hydrogens (tertiary/aromatic N) is 1. The second-order valence-electron chi connectivity index (χ2n) is 14.3. The van der Waals surface area contributed by atoms with Gasteiger partial charge in [0.2, 0.25) is 0 Å². The molecule has 1 aliphatic rings. The van der Waals surface area contributed by atoms with Gasteiger partial charge in [-0.2, -0.15) is 0 Å². The van der Waals surface area contributed by atoms with Gasteiger partial charge in [-0.05, 0) is 121 Å². The molecule has 0 spiro atoms. The highest BCUT2D eigenvalue weighted by Crippen LogP contribution is 2.55. The fourth-order valence-electron chi connectivity index (χ4n) is 7.56. The van der Waals surface area contributed by atoms with E-state index in [1.165, 1.54) is 55.6 Å². The van der Waals surface area contributed by atoms with Gasteiger partial charge in [0, 0.05) is 17.1 Å². The summed E-state index contributed by atoms with van der Waals surface area (Å²) in [5.74, 6) is 0. The SMILES string of the molecule is CC1(C)c2cc(-c3ccccc3)ccc2-c2ccc(-c3cc(-c4ccccc4)cc(N(c4ccccc4)c4ccccc4)c3)cc2C1(C)C. The molecule has 0 radical (unpaired) electrons. The third-order valence-electron chi connectivity index (χ3n) is 11.0. The molecule has 238 valence electrons. The van der Waals surface area contributed by atoms with Gasteiger partial charge in [-0.25, -0.2) is 0 Å². The summed E-state index contributed by atoms with van der Waals surface area (Å²) in [6.07, 6.45) is 0. The Kier molecular flexibility index (Phi) is 7.57. The maximum absolute atomic E-state index is 2.47. The standard InChI is InChI=1S/C48H41N/c1-47(2)45-32-36(34-17-9-5-10-18-34)25-27-43(45)44-28-26-37(33-46(44)48(47,3)4)39-29-38(35-19-11-6-12-20-35)30-42(31-39)49(40-21-13-7-14-22-40)41-23-15-8-16-24-41/h5-33H,1-4H3. The van der Waals surface area contributed by atoms with Crippen molar-refractivity contribution >= 4 is 17.1 Å². The van der Waals surface area contributed by atoms with Crippen molar-refractivity contribution in [2.45, 2.75) is 38.5 Å². The lowest BCUT2D eigenvalue weighted by Crippen LogP contribution is -2.43. The van der Waals surface area contributed by atoms with Gasteiger partial charge < -0.3 is 4.90 Å². The van der Waals surface area contributed by atoms with Gasteiger partial charge in [0.15, 0.2) is 0 Å². The van der Waals surface area contributed by atoms with Crippen LogP contribution in [0.3, 0.4) is 0 Å². The second kappa shape index (κ2) is 12.1. The minimum Gasteiger partial charge on any atom is -0.310 e. The number of hydrogen-bond acceptors (Lipinski definition) is 1. The number of hydrogen-bond donors (Lipinski definition) is 0. The van der Waals surface area contributed by atoms with Crippen LogP contribution in [0.4, 0.5) is 17.1 Å². The fourth-order valence-corrected chi connectivity index (χ4v) is 7.56. The number of rotatable bonds is 6. The smallest absolute Gasteiger partial charge is 0.0473 e. The minimum absolute atomic E-state index is 0.0901. The summed E-state index contributed by atoms with van der Waals surface area (Å²) in [6, 6.07) is 64.1. The average molecular weight is 632 g/mol. The molecule has 0 aromatic heterocycles. The zero-order valence-electron chi connectivity index (χ0n) is 28.7. The minimum atomic E-state index is -0.110. The van der Waals surface area contributed by atoms with E-state index in [0.29, 0.717) is 0 Å². The second-order valence-corrected chi connectivity index (χ2v) is 14.3. The predicted molar refractivity (Wildman–Crippen MR) is 209 cm³/mol. The molecule has 0 heterocycles. The maximum atomic E-state index is 2.47. The Hall–Kier alpha value is -5.66. The van der Waals surface area contributed by atoms with E-state index in [9.17, 15) is 0 Å². The first kappa shape index (κ1) is 30.7. The van der Waals surface area contributed by atoms with E-state index in [2.05, 4.69) is 209 Å². The van der Waals surface area contributed by atoms with Crippen molar-refractivity contribution < 1.29 is 0 Å². The Bertz CT molecular complexity index is 2210. The summed E-state index contributed by atoms with van der Waals surface area (Å²) in [5.41, 5.74) is 16.0. The van der Waals surface area contributed by atoms with Crippen LogP contribution >= 0.6 is 0 Å². The average Bonchev–Trinajstić information content (AvgIpc) is 3.15. The molecule has 0 aliphatic heterocycles. The number of fused-ring (bicyclic) bond motifs is 3. The quantitative estimate of drug-likeness (QED) is 0.176. The van der Waals surface area contributed by atoms with Crippen molar-refractivity contribution in [2.24, 2.45) is 0 Å². The third-order valence-corrected chi connectivity index (χ3v) is 11.0. The van der Waals surface area contributed by atoms with Crippen LogP contribution in [0.1, 0.15) is 38.8 Å². The maximum Gasteiger partial charge on any atom is 0.0473 e. The van der Waals surface area contributed by atoms with Gasteiger partial charge in [0.1, 0.15) is 0 Å². The number of anilines is 3. The molecule has 1 heteroatoms. The number of para-hydroxylation sites is 2. The van der Waals surface area contributed by atoms with Gasteiger partial charge in [-0.1, -0.05) is 149 Å². The Morgan fingerprint density at radius 3 is 1.12 bits per heavy atom. The highest BCUT2D eigenvalue weighted by atomic mass is 15.1. The highest BCUT2D eigenvalue weighted by Gasteiger charge is 2.46. The van der Waals surface area contributed by atoms with Crippen LogP contribution in [0.15, 0.2) is 176 Å². The summed E-state index contributed by atoms with van der Waals surface area (Å²) >= 11 is 0. The fraction of sp³-hybridized carbons (Fsp3) is 0.125. The highest BCUT2D eigenvalue weighted by molar-refractivity contribution is 5.87. The monoisotopic (exact) mass is 631 g/mol. The van der Waals surface area contributed by atoms with Crippen molar-refractivity contribution in [1.82, 2.24) is 0 Å². The van der Waals surface area contributed by atoms with Crippen molar-refractivity contribution in [3.63, 3.8) is 0 Å². The zero-order chi connectivity index (χ0) is 33.6. The largest absolute Gasteiger partial charge is 0.310 e. The van der Waals surface area contributed by atoms with Gasteiger partial charge in [0.05, 0.1) is 0 Å². The van der Waals surface area contributed by atoms with Crippen molar-refractivity contribution in [1.29, 1.82) is 0 Å². The van der Waals surface area contributed by atoms with Crippen molar-refractivity contribution in [3.05, 3.63) is 187 Å². The molecule has 0 unspecified atom stereocenters. The first-order valence-electron chi connectivity index (χ1n) is 17.3. The Balaban J connectivity index is 1.31. The molecule has 0 saturated carbocycles. The molecule has 1 aliphatic carbocycles. The summed E-state index contributed by atoms with van der Waals surface area (Å²) < 4.78 is 0. The summed E-state index contributed by atoms with van der Waals surface area (Å²) in [4.78, 5) is 2.36. The normalized spacial score (nSPS) is 14.0. The molecule has 1 nitrogen and oxygen atoms in total. The number of benzene rings is 7. The van der Waals surface area contributed by atoms with Crippen LogP contribution in [-0.2, 0) is 10.8 Å². The van der Waals surface area contributed by atoms with Crippen LogP contribution in [0.2, 0.25) is 0 Å². The summed E-state index contributed by atoms with van der Waals surface area (Å²) in [6.45, 7) is 9.68. The van der Waals surface area contributed by atoms with E-state index < -0.39 is 0 Å². The van der Waals surface area contributed by atoms with Crippen LogP contribution in [0.25, 0.3) is 44.5 Å². The topological polar surface area (TPSA) is 3.24 Å². The lowest BCUT2D eigenvalue weighted by molar-refractivity contribution is 0.299. The van der Waals surface area contributed by atoms with E-state index in [1.807, 2.05) is 0 Å². The van der Waals surface area contributed by atoms with Crippen LogP contribution in [0, 0.1) is 0 Å². The molecule has 7 aromatic rings. The molecule has 0 atom stereocenters. The molecule has 49 heavy (non-hydrogen) atoms. The van der Waals surface area contributed by atoms with Gasteiger partial charge in [0.25, 0.3) is 0 Å².